The molecule has 3 nitrogen and oxygen atoms in total. The van der Waals surface area contributed by atoms with Gasteiger partial charge >= 0.3 is 0 Å². The normalized spacial score (nSPS) is 14.6. The summed E-state index contributed by atoms with van der Waals surface area (Å²) in [7, 11) is 0. The largest absolute Gasteiger partial charge is 0.389 e. The first-order valence-electron chi connectivity index (χ1n) is 6.72. The van der Waals surface area contributed by atoms with E-state index in [4.69, 9.17) is 4.74 Å². The third kappa shape index (κ3) is 7.11. The van der Waals surface area contributed by atoms with Gasteiger partial charge in [-0.25, -0.2) is 0 Å². The first-order valence-corrected chi connectivity index (χ1v) is 7.67. The van der Waals surface area contributed by atoms with Gasteiger partial charge in [-0.2, -0.15) is 11.3 Å². The van der Waals surface area contributed by atoms with Crippen LogP contribution in [0, 0.1) is 0 Å². The average Bonchev–Trinajstić information content (AvgIpc) is 2.85. The van der Waals surface area contributed by atoms with Crippen molar-refractivity contribution in [2.75, 3.05) is 19.8 Å². The second-order valence-electron chi connectivity index (χ2n) is 4.73. The third-order valence-corrected chi connectivity index (χ3v) is 3.51. The fourth-order valence-corrected chi connectivity index (χ4v) is 2.38. The van der Waals surface area contributed by atoms with Crippen LogP contribution in [0.15, 0.2) is 16.8 Å². The molecule has 2 unspecified atom stereocenters. The highest BCUT2D eigenvalue weighted by atomic mass is 32.1. The summed E-state index contributed by atoms with van der Waals surface area (Å²) in [6, 6.07) is 2.53. The van der Waals surface area contributed by atoms with Gasteiger partial charge in [0.05, 0.1) is 12.7 Å². The van der Waals surface area contributed by atoms with E-state index >= 15 is 0 Å². The Morgan fingerprint density at radius 2 is 2.33 bits per heavy atom. The molecular weight excluding hydrogens is 246 g/mol. The van der Waals surface area contributed by atoms with Crippen LogP contribution < -0.4 is 5.32 Å². The molecule has 1 rings (SSSR count). The Labute approximate surface area is 114 Å². The minimum absolute atomic E-state index is 0.380. The number of ether oxygens (including phenoxy) is 1. The van der Waals surface area contributed by atoms with E-state index in [9.17, 15) is 5.11 Å². The van der Waals surface area contributed by atoms with Gasteiger partial charge < -0.3 is 15.2 Å². The topological polar surface area (TPSA) is 41.5 Å². The van der Waals surface area contributed by atoms with Gasteiger partial charge in [-0.1, -0.05) is 13.3 Å². The van der Waals surface area contributed by atoms with E-state index in [2.05, 4.69) is 36.0 Å². The average molecular weight is 271 g/mol. The lowest BCUT2D eigenvalue weighted by Gasteiger charge is -2.17. The van der Waals surface area contributed by atoms with E-state index in [0.29, 0.717) is 19.2 Å². The van der Waals surface area contributed by atoms with Gasteiger partial charge in [-0.15, -0.1) is 0 Å². The predicted molar refractivity (Wildman–Crippen MR) is 77.2 cm³/mol. The van der Waals surface area contributed by atoms with Crippen molar-refractivity contribution < 1.29 is 9.84 Å². The number of aliphatic hydroxyl groups is 1. The molecule has 0 aromatic carbocycles. The molecule has 18 heavy (non-hydrogen) atoms. The molecule has 0 radical (unpaired) electrons. The number of rotatable bonds is 10. The van der Waals surface area contributed by atoms with Crippen LogP contribution in [0.4, 0.5) is 0 Å². The second kappa shape index (κ2) is 9.50. The molecule has 0 saturated heterocycles. The third-order valence-electron chi connectivity index (χ3n) is 2.78. The standard InChI is InChI=1S/C14H25NO2S/c1-3-4-6-17-10-14(16)9-15-12(2)8-13-5-7-18-11-13/h5,7,11-12,14-16H,3-4,6,8-10H2,1-2H3. The molecule has 0 spiro atoms. The van der Waals surface area contributed by atoms with E-state index in [-0.39, 0.29) is 0 Å². The summed E-state index contributed by atoms with van der Waals surface area (Å²) in [5.74, 6) is 0. The Bertz CT molecular complexity index is 290. The first kappa shape index (κ1) is 15.6. The lowest BCUT2D eigenvalue weighted by atomic mass is 10.1. The molecule has 0 aliphatic rings. The van der Waals surface area contributed by atoms with Crippen LogP contribution in [0.1, 0.15) is 32.3 Å². The molecular formula is C14H25NO2S. The van der Waals surface area contributed by atoms with Crippen LogP contribution in [0.3, 0.4) is 0 Å². The number of hydrogen-bond donors (Lipinski definition) is 2. The maximum Gasteiger partial charge on any atom is 0.0897 e. The van der Waals surface area contributed by atoms with Crippen molar-refractivity contribution >= 4 is 11.3 Å². The van der Waals surface area contributed by atoms with E-state index in [1.54, 1.807) is 11.3 Å². The highest BCUT2D eigenvalue weighted by Gasteiger charge is 2.08. The van der Waals surface area contributed by atoms with Crippen molar-refractivity contribution in [1.82, 2.24) is 5.32 Å². The molecule has 0 bridgehead atoms. The highest BCUT2D eigenvalue weighted by Crippen LogP contribution is 2.08. The fourth-order valence-electron chi connectivity index (χ4n) is 1.70. The first-order chi connectivity index (χ1) is 8.72. The Kier molecular flexibility index (Phi) is 8.25. The van der Waals surface area contributed by atoms with Crippen molar-refractivity contribution in [3.8, 4) is 0 Å². The zero-order valence-corrected chi connectivity index (χ0v) is 12.2. The second-order valence-corrected chi connectivity index (χ2v) is 5.51. The molecule has 2 N–H and O–H groups in total. The lowest BCUT2D eigenvalue weighted by molar-refractivity contribution is 0.0348. The van der Waals surface area contributed by atoms with Crippen LogP contribution in [0.2, 0.25) is 0 Å². The molecule has 0 amide bonds. The van der Waals surface area contributed by atoms with E-state index < -0.39 is 6.10 Å². The maximum absolute atomic E-state index is 9.74. The lowest BCUT2D eigenvalue weighted by Crippen LogP contribution is -2.37. The summed E-state index contributed by atoms with van der Waals surface area (Å²) >= 11 is 1.72. The van der Waals surface area contributed by atoms with Crippen LogP contribution in [-0.4, -0.2) is 37.0 Å². The minimum atomic E-state index is -0.410. The summed E-state index contributed by atoms with van der Waals surface area (Å²) < 4.78 is 5.39. The van der Waals surface area contributed by atoms with E-state index in [1.807, 2.05) is 0 Å². The van der Waals surface area contributed by atoms with Crippen LogP contribution in [-0.2, 0) is 11.2 Å². The number of unbranched alkanes of at least 4 members (excludes halogenated alkanes) is 1. The zero-order chi connectivity index (χ0) is 13.2. The SMILES string of the molecule is CCCCOCC(O)CNC(C)Cc1ccsc1. The Hall–Kier alpha value is -0.420. The molecule has 1 heterocycles. The number of nitrogens with one attached hydrogen (secondary N) is 1. The number of thiophene rings is 1. The molecule has 0 aliphatic carbocycles. The Morgan fingerprint density at radius 3 is 3.00 bits per heavy atom. The van der Waals surface area contributed by atoms with Crippen molar-refractivity contribution in [3.63, 3.8) is 0 Å². The molecule has 1 aromatic rings. The number of hydrogen-bond acceptors (Lipinski definition) is 4. The van der Waals surface area contributed by atoms with Gasteiger partial charge in [-0.3, -0.25) is 0 Å². The fraction of sp³-hybridized carbons (Fsp3) is 0.714. The van der Waals surface area contributed by atoms with Gasteiger partial charge in [-0.05, 0) is 42.2 Å². The van der Waals surface area contributed by atoms with E-state index in [1.165, 1.54) is 5.56 Å². The van der Waals surface area contributed by atoms with Crippen LogP contribution >= 0.6 is 11.3 Å². The smallest absolute Gasteiger partial charge is 0.0897 e. The Morgan fingerprint density at radius 1 is 1.50 bits per heavy atom. The van der Waals surface area contributed by atoms with Gasteiger partial charge in [0.25, 0.3) is 0 Å². The van der Waals surface area contributed by atoms with Gasteiger partial charge in [0.15, 0.2) is 0 Å². The van der Waals surface area contributed by atoms with Crippen LogP contribution in [0.25, 0.3) is 0 Å². The molecule has 1 aromatic heterocycles. The van der Waals surface area contributed by atoms with Crippen molar-refractivity contribution in [3.05, 3.63) is 22.4 Å². The predicted octanol–water partition coefficient (Wildman–Crippen LogP) is 2.45. The van der Waals surface area contributed by atoms with Gasteiger partial charge in [0.2, 0.25) is 0 Å². The molecule has 0 saturated carbocycles. The maximum atomic E-state index is 9.74. The van der Waals surface area contributed by atoms with Crippen molar-refractivity contribution in [2.24, 2.45) is 0 Å². The quantitative estimate of drug-likeness (QED) is 0.642. The monoisotopic (exact) mass is 271 g/mol. The minimum Gasteiger partial charge on any atom is -0.389 e. The summed E-state index contributed by atoms with van der Waals surface area (Å²) in [6.45, 7) is 6.05. The van der Waals surface area contributed by atoms with E-state index in [0.717, 1.165) is 25.9 Å². The molecule has 0 fully saturated rings. The molecule has 4 heteroatoms. The van der Waals surface area contributed by atoms with Crippen LogP contribution in [0.5, 0.6) is 0 Å². The van der Waals surface area contributed by atoms with Gasteiger partial charge in [0.1, 0.15) is 0 Å². The summed E-state index contributed by atoms with van der Waals surface area (Å²) in [5, 5.41) is 17.3. The highest BCUT2D eigenvalue weighted by molar-refractivity contribution is 7.07. The molecule has 2 atom stereocenters. The summed E-state index contributed by atoms with van der Waals surface area (Å²) in [4.78, 5) is 0. The Balaban J connectivity index is 2.04. The zero-order valence-electron chi connectivity index (χ0n) is 11.4. The van der Waals surface area contributed by atoms with Gasteiger partial charge in [0, 0.05) is 19.2 Å². The number of aliphatic hydroxyl groups excluding tert-OH is 1. The molecule has 104 valence electrons. The van der Waals surface area contributed by atoms with Crippen molar-refractivity contribution in [2.45, 2.75) is 45.3 Å². The summed E-state index contributed by atoms with van der Waals surface area (Å²) in [5.41, 5.74) is 1.36. The molecule has 0 aliphatic heterocycles. The van der Waals surface area contributed by atoms with Crippen molar-refractivity contribution in [1.29, 1.82) is 0 Å². The summed E-state index contributed by atoms with van der Waals surface area (Å²) in [6.07, 6.45) is 2.79.